The maximum absolute atomic E-state index is 13.6. The molecule has 0 saturated carbocycles. The van der Waals surface area contributed by atoms with E-state index in [1.807, 2.05) is 7.05 Å². The van der Waals surface area contributed by atoms with Crippen molar-refractivity contribution < 1.29 is 24.5 Å². The number of piperidine rings is 1. The van der Waals surface area contributed by atoms with Gasteiger partial charge in [-0.05, 0) is 69.0 Å². The predicted octanol–water partition coefficient (Wildman–Crippen LogP) is 1.70. The van der Waals surface area contributed by atoms with E-state index < -0.39 is 23.5 Å². The first kappa shape index (κ1) is 22.7. The molecule has 3 saturated heterocycles. The molecule has 0 aromatic heterocycles. The van der Waals surface area contributed by atoms with E-state index in [4.69, 9.17) is 9.47 Å². The number of piperazine rings is 1. The van der Waals surface area contributed by atoms with Crippen molar-refractivity contribution in [1.82, 2.24) is 9.80 Å². The van der Waals surface area contributed by atoms with E-state index in [1.54, 1.807) is 6.92 Å². The van der Waals surface area contributed by atoms with Gasteiger partial charge in [0.25, 0.3) is 0 Å². The molecule has 6 rings (SSSR count). The van der Waals surface area contributed by atoms with Gasteiger partial charge in [0.2, 0.25) is 6.79 Å². The molecule has 0 radical (unpaired) electrons. The van der Waals surface area contributed by atoms with E-state index in [-0.39, 0.29) is 37.9 Å². The monoisotopic (exact) mass is 477 g/mol. The first-order chi connectivity index (χ1) is 16.7. The highest BCUT2D eigenvalue weighted by Crippen LogP contribution is 2.54. The third kappa shape index (κ3) is 2.67. The minimum atomic E-state index is -1.83. The number of nitriles is 1. The second-order valence-corrected chi connectivity index (χ2v) is 10.7. The van der Waals surface area contributed by atoms with Crippen molar-refractivity contribution >= 4 is 5.78 Å². The van der Waals surface area contributed by atoms with Crippen molar-refractivity contribution in [3.63, 3.8) is 0 Å². The van der Waals surface area contributed by atoms with Crippen LogP contribution < -0.4 is 0 Å². The Labute approximate surface area is 205 Å². The molecular weight excluding hydrogens is 446 g/mol. The number of hydrogen-bond acceptors (Lipinski definition) is 8. The van der Waals surface area contributed by atoms with Gasteiger partial charge in [-0.2, -0.15) is 5.26 Å². The lowest BCUT2D eigenvalue weighted by molar-refractivity contribution is -0.150. The number of hydrogen-bond donors (Lipinski definition) is 2. The summed E-state index contributed by atoms with van der Waals surface area (Å²) in [7, 11) is 2.04. The van der Waals surface area contributed by atoms with Crippen LogP contribution in [0.25, 0.3) is 0 Å². The molecule has 1 aromatic rings. The fourth-order valence-electron chi connectivity index (χ4n) is 7.45. The molecule has 1 aromatic carbocycles. The Bertz CT molecular complexity index is 1280. The third-order valence-electron chi connectivity index (χ3n) is 9.28. The van der Waals surface area contributed by atoms with Gasteiger partial charge in [0.15, 0.2) is 22.9 Å². The smallest absolute Gasteiger partial charge is 0.231 e. The summed E-state index contributed by atoms with van der Waals surface area (Å²) in [5.41, 5.74) is 4.95. The maximum atomic E-state index is 13.6. The molecule has 0 amide bonds. The highest BCUT2D eigenvalue weighted by Gasteiger charge is 2.64. The molecule has 184 valence electrons. The minimum Gasteiger partial charge on any atom is -0.453 e. The summed E-state index contributed by atoms with van der Waals surface area (Å²) in [4.78, 5) is 17.9. The number of ether oxygens (including phenoxy) is 2. The zero-order valence-electron chi connectivity index (χ0n) is 20.8. The summed E-state index contributed by atoms with van der Waals surface area (Å²) in [5, 5.41) is 33.2. The zero-order valence-corrected chi connectivity index (χ0v) is 20.8. The Kier molecular flexibility index (Phi) is 4.81. The van der Waals surface area contributed by atoms with Crippen LogP contribution >= 0.6 is 0 Å². The van der Waals surface area contributed by atoms with Crippen LogP contribution in [0.15, 0.2) is 28.7 Å². The molecule has 5 aliphatic rings. The van der Waals surface area contributed by atoms with Crippen LogP contribution in [-0.2, 0) is 20.7 Å². The lowest BCUT2D eigenvalue weighted by Gasteiger charge is -2.62. The number of Topliss-reactive ketones (excluding diaryl/α,β-unsaturated/α-hetero) is 1. The molecule has 2 bridgehead atoms. The first-order valence-electron chi connectivity index (χ1n) is 12.2. The Morgan fingerprint density at radius 2 is 1.89 bits per heavy atom. The van der Waals surface area contributed by atoms with E-state index in [0.717, 1.165) is 6.42 Å². The van der Waals surface area contributed by atoms with Gasteiger partial charge in [-0.15, -0.1) is 0 Å². The van der Waals surface area contributed by atoms with Crippen molar-refractivity contribution in [2.24, 2.45) is 0 Å². The minimum absolute atomic E-state index is 0.0443. The second kappa shape index (κ2) is 7.40. The predicted molar refractivity (Wildman–Crippen MR) is 126 cm³/mol. The van der Waals surface area contributed by atoms with E-state index in [2.05, 4.69) is 42.7 Å². The van der Waals surface area contributed by atoms with Crippen LogP contribution in [0.4, 0.5) is 0 Å². The van der Waals surface area contributed by atoms with Crippen molar-refractivity contribution in [3.8, 4) is 6.07 Å². The lowest BCUT2D eigenvalue weighted by atomic mass is 9.64. The van der Waals surface area contributed by atoms with Gasteiger partial charge in [0.05, 0.1) is 24.8 Å². The maximum Gasteiger partial charge on any atom is 0.231 e. The average molecular weight is 478 g/mol. The Balaban J connectivity index is 1.60. The Hall–Kier alpha value is -2.70. The SMILES string of the molecule is CC1=C2OCOC2=C2[C@H](CO)N3C(CC2(O)C1=O)[C@@H]1c2c(cc(C)c(C)c2C)C[C@@H]([C@@H]3C#N)N1C. The summed E-state index contributed by atoms with van der Waals surface area (Å²) in [6.45, 7) is 7.64. The summed E-state index contributed by atoms with van der Waals surface area (Å²) >= 11 is 0. The number of fused-ring (bicyclic) bond motifs is 8. The molecule has 8 heteroatoms. The molecule has 4 heterocycles. The summed E-state index contributed by atoms with van der Waals surface area (Å²) < 4.78 is 11.4. The zero-order chi connectivity index (χ0) is 25.0. The van der Waals surface area contributed by atoms with E-state index in [9.17, 15) is 20.3 Å². The topological polar surface area (TPSA) is 106 Å². The van der Waals surface area contributed by atoms with Crippen LogP contribution in [-0.4, -0.2) is 76.0 Å². The molecule has 3 fully saturated rings. The molecule has 4 aliphatic heterocycles. The van der Waals surface area contributed by atoms with Crippen molar-refractivity contribution in [1.29, 1.82) is 5.26 Å². The highest BCUT2D eigenvalue weighted by atomic mass is 16.7. The molecule has 2 N–H and O–H groups in total. The molecule has 0 spiro atoms. The van der Waals surface area contributed by atoms with E-state index in [0.29, 0.717) is 22.7 Å². The fraction of sp³-hybridized carbons (Fsp3) is 0.556. The number of aliphatic hydroxyl groups excluding tert-OH is 1. The molecule has 2 unspecified atom stereocenters. The molecule has 1 aliphatic carbocycles. The van der Waals surface area contributed by atoms with Crippen molar-refractivity contribution in [2.75, 3.05) is 20.4 Å². The fourth-order valence-corrected chi connectivity index (χ4v) is 7.45. The van der Waals surface area contributed by atoms with Crippen LogP contribution in [0.1, 0.15) is 47.2 Å². The largest absolute Gasteiger partial charge is 0.453 e. The molecule has 8 nitrogen and oxygen atoms in total. The standard InChI is InChI=1S/C27H31N3O5/c1-12-6-16-7-17-19(9-28)30-18(23(29(17)5)21(16)14(3)13(12)2)8-27(33)22(20(30)10-31)25-24(34-11-35-25)15(4)26(27)32/h6,17-20,23,31,33H,7-8,10-11H2,1-5H3/t17-,18?,19-,20-,23+,27?/m0/s1. The number of nitrogens with zero attached hydrogens (tertiary/aromatic N) is 3. The molecular formula is C27H31N3O5. The summed E-state index contributed by atoms with van der Waals surface area (Å²) in [6, 6.07) is 2.91. The quantitative estimate of drug-likeness (QED) is 0.630. The summed E-state index contributed by atoms with van der Waals surface area (Å²) in [5.74, 6) is 0.258. The van der Waals surface area contributed by atoms with Crippen LogP contribution in [0.5, 0.6) is 0 Å². The summed E-state index contributed by atoms with van der Waals surface area (Å²) in [6.07, 6.45) is 0.837. The van der Waals surface area contributed by atoms with Gasteiger partial charge in [-0.1, -0.05) is 6.07 Å². The number of rotatable bonds is 1. The van der Waals surface area contributed by atoms with Gasteiger partial charge >= 0.3 is 0 Å². The van der Waals surface area contributed by atoms with Gasteiger partial charge in [0.1, 0.15) is 6.04 Å². The number of benzene rings is 1. The number of aliphatic hydroxyl groups is 2. The van der Waals surface area contributed by atoms with Gasteiger partial charge in [-0.3, -0.25) is 14.6 Å². The van der Waals surface area contributed by atoms with Gasteiger partial charge < -0.3 is 19.7 Å². The third-order valence-corrected chi connectivity index (χ3v) is 9.28. The van der Waals surface area contributed by atoms with E-state index in [1.165, 1.54) is 27.8 Å². The molecule has 35 heavy (non-hydrogen) atoms. The lowest BCUT2D eigenvalue weighted by Crippen LogP contribution is -2.74. The van der Waals surface area contributed by atoms with E-state index >= 15 is 0 Å². The molecule has 6 atom stereocenters. The number of ketones is 1. The second-order valence-electron chi connectivity index (χ2n) is 10.7. The Morgan fingerprint density at radius 1 is 1.17 bits per heavy atom. The van der Waals surface area contributed by atoms with Gasteiger partial charge in [0, 0.05) is 29.7 Å². The highest BCUT2D eigenvalue weighted by molar-refractivity contribution is 6.06. The average Bonchev–Trinajstić information content (AvgIpc) is 3.31. The Morgan fingerprint density at radius 3 is 2.57 bits per heavy atom. The van der Waals surface area contributed by atoms with Crippen LogP contribution in [0.2, 0.25) is 0 Å². The van der Waals surface area contributed by atoms with Crippen molar-refractivity contribution in [3.05, 3.63) is 56.5 Å². The van der Waals surface area contributed by atoms with Crippen LogP contribution in [0.3, 0.4) is 0 Å². The van der Waals surface area contributed by atoms with Gasteiger partial charge in [-0.25, -0.2) is 0 Å². The number of aryl methyl sites for hydroxylation is 1. The van der Waals surface area contributed by atoms with Crippen LogP contribution in [0, 0.1) is 32.1 Å². The number of carbonyl (C=O) groups is 1. The number of carbonyl (C=O) groups excluding carboxylic acids is 1. The van der Waals surface area contributed by atoms with Crippen molar-refractivity contribution in [2.45, 2.75) is 76.3 Å². The number of likely N-dealkylation sites (N-methyl/N-ethyl adjacent to an activating group) is 1. The first-order valence-corrected chi connectivity index (χ1v) is 12.2. The normalized spacial score (nSPS) is 36.1.